The second-order valence-corrected chi connectivity index (χ2v) is 11.2. The summed E-state index contributed by atoms with van der Waals surface area (Å²) in [5, 5.41) is 13.6. The van der Waals surface area contributed by atoms with Gasteiger partial charge in [0.05, 0.1) is 12.7 Å². The SMILES string of the molecule is CC(=O)Cn1c(=O)c(N[C@@H](C)C(=O)NC2=CSC(C3=CNC(N4CC5C(C4)C5(F)F)C=C3)N2)c(N)n(C)c1=O. The zero-order valence-corrected chi connectivity index (χ0v) is 22.4. The summed E-state index contributed by atoms with van der Waals surface area (Å²) >= 11 is 1.45. The van der Waals surface area contributed by atoms with Crippen LogP contribution in [0.3, 0.4) is 0 Å². The number of carbonyl (C=O) groups is 2. The number of fused-ring (bicyclic) bond motifs is 1. The van der Waals surface area contributed by atoms with Crippen LogP contribution >= 0.6 is 11.8 Å². The average Bonchev–Trinajstić information content (AvgIpc) is 3.34. The predicted octanol–water partition coefficient (Wildman–Crippen LogP) is -0.337. The van der Waals surface area contributed by atoms with Crippen molar-refractivity contribution in [2.45, 2.75) is 43.9 Å². The van der Waals surface area contributed by atoms with Crippen LogP contribution in [0.2, 0.25) is 0 Å². The molecule has 4 aliphatic rings. The molecule has 12 nitrogen and oxygen atoms in total. The van der Waals surface area contributed by atoms with Crippen molar-refractivity contribution in [2.75, 3.05) is 24.1 Å². The summed E-state index contributed by atoms with van der Waals surface area (Å²) in [6.45, 7) is 3.12. The van der Waals surface area contributed by atoms with E-state index in [1.165, 1.54) is 32.7 Å². The Balaban J connectivity index is 1.15. The molecule has 1 saturated heterocycles. The van der Waals surface area contributed by atoms with E-state index in [1.54, 1.807) is 5.41 Å². The number of rotatable bonds is 8. The van der Waals surface area contributed by atoms with Crippen molar-refractivity contribution >= 4 is 35.0 Å². The lowest BCUT2D eigenvalue weighted by molar-refractivity contribution is -0.121. The highest BCUT2D eigenvalue weighted by Gasteiger charge is 2.71. The van der Waals surface area contributed by atoms with E-state index in [1.807, 2.05) is 23.3 Å². The number of alkyl halides is 2. The lowest BCUT2D eigenvalue weighted by Gasteiger charge is -2.30. The van der Waals surface area contributed by atoms with Gasteiger partial charge in [-0.05, 0) is 19.9 Å². The van der Waals surface area contributed by atoms with Crippen LogP contribution in [0.25, 0.3) is 0 Å². The summed E-state index contributed by atoms with van der Waals surface area (Å²) < 4.78 is 28.8. The van der Waals surface area contributed by atoms with Crippen molar-refractivity contribution in [3.63, 3.8) is 0 Å². The van der Waals surface area contributed by atoms with Crippen LogP contribution in [-0.2, 0) is 23.2 Å². The third-order valence-corrected chi connectivity index (χ3v) is 8.45. The van der Waals surface area contributed by atoms with Gasteiger partial charge in [0.25, 0.3) is 11.5 Å². The number of likely N-dealkylation sites (tertiary alicyclic amines) is 1. The third kappa shape index (κ3) is 4.95. The maximum absolute atomic E-state index is 13.5. The van der Waals surface area contributed by atoms with Crippen LogP contribution < -0.4 is 38.2 Å². The van der Waals surface area contributed by atoms with Crippen LogP contribution in [0.1, 0.15) is 13.8 Å². The summed E-state index contributed by atoms with van der Waals surface area (Å²) in [6, 6.07) is -0.912. The number of nitrogens with one attached hydrogen (secondary N) is 4. The van der Waals surface area contributed by atoms with Gasteiger partial charge < -0.3 is 27.0 Å². The van der Waals surface area contributed by atoms with E-state index >= 15 is 0 Å². The van der Waals surface area contributed by atoms with E-state index in [-0.39, 0.29) is 28.8 Å². The van der Waals surface area contributed by atoms with E-state index in [0.29, 0.717) is 18.9 Å². The molecule has 2 fully saturated rings. The Kier molecular flexibility index (Phi) is 6.83. The van der Waals surface area contributed by atoms with Crippen LogP contribution in [0.5, 0.6) is 0 Å². The van der Waals surface area contributed by atoms with E-state index in [9.17, 15) is 28.0 Å². The number of amides is 1. The van der Waals surface area contributed by atoms with Gasteiger partial charge in [-0.1, -0.05) is 6.08 Å². The van der Waals surface area contributed by atoms with E-state index in [4.69, 9.17) is 5.73 Å². The number of ketones is 1. The van der Waals surface area contributed by atoms with Gasteiger partial charge in [-0.2, -0.15) is 0 Å². The molecule has 210 valence electrons. The van der Waals surface area contributed by atoms with Crippen LogP contribution in [0.4, 0.5) is 20.3 Å². The maximum atomic E-state index is 13.5. The maximum Gasteiger partial charge on any atom is 0.332 e. The first kappa shape index (κ1) is 27.0. The molecule has 1 aromatic rings. The zero-order valence-electron chi connectivity index (χ0n) is 21.5. The molecule has 15 heteroatoms. The summed E-state index contributed by atoms with van der Waals surface area (Å²) in [7, 11) is 1.37. The highest BCUT2D eigenvalue weighted by Crippen LogP contribution is 2.59. The van der Waals surface area contributed by atoms with Crippen molar-refractivity contribution in [1.29, 1.82) is 0 Å². The lowest BCUT2D eigenvalue weighted by Crippen LogP contribution is -2.46. The molecule has 0 spiro atoms. The van der Waals surface area contributed by atoms with Gasteiger partial charge in [-0.15, -0.1) is 11.8 Å². The summed E-state index contributed by atoms with van der Waals surface area (Å²) in [4.78, 5) is 51.6. The molecule has 39 heavy (non-hydrogen) atoms. The molecule has 0 radical (unpaired) electrons. The molecular weight excluding hydrogens is 534 g/mol. The number of aromatic nitrogens is 2. The van der Waals surface area contributed by atoms with Crippen molar-refractivity contribution in [3.05, 3.63) is 56.0 Å². The Morgan fingerprint density at radius 2 is 1.97 bits per heavy atom. The molecule has 0 bridgehead atoms. The van der Waals surface area contributed by atoms with Crippen LogP contribution in [0, 0.1) is 11.8 Å². The number of anilines is 2. The van der Waals surface area contributed by atoms with E-state index in [0.717, 1.165) is 14.7 Å². The van der Waals surface area contributed by atoms with Crippen molar-refractivity contribution in [2.24, 2.45) is 18.9 Å². The van der Waals surface area contributed by atoms with Gasteiger partial charge in [0.15, 0.2) is 0 Å². The molecular formula is C24H30F2N8O4S. The number of piperidine rings is 1. The number of nitrogen functional groups attached to an aromatic ring is 1. The second kappa shape index (κ2) is 9.86. The van der Waals surface area contributed by atoms with Gasteiger partial charge in [0.2, 0.25) is 5.91 Å². The number of hydrogen-bond acceptors (Lipinski definition) is 10. The summed E-state index contributed by atoms with van der Waals surface area (Å²) in [5.41, 5.74) is 5.20. The first-order valence-corrected chi connectivity index (χ1v) is 13.4. The fourth-order valence-corrected chi connectivity index (χ4v) is 5.92. The molecule has 5 rings (SSSR count). The largest absolute Gasteiger partial charge is 0.383 e. The molecule has 0 aromatic carbocycles. The number of halogens is 2. The summed E-state index contributed by atoms with van der Waals surface area (Å²) in [6.07, 6.45) is 5.59. The molecule has 1 aromatic heterocycles. The monoisotopic (exact) mass is 564 g/mol. The molecule has 1 aliphatic carbocycles. The number of thioether (sulfide) groups is 1. The van der Waals surface area contributed by atoms with E-state index < -0.39 is 47.5 Å². The van der Waals surface area contributed by atoms with Crippen molar-refractivity contribution in [3.8, 4) is 0 Å². The summed E-state index contributed by atoms with van der Waals surface area (Å²) in [5.74, 6) is -4.12. The molecule has 6 N–H and O–H groups in total. The van der Waals surface area contributed by atoms with Gasteiger partial charge >= 0.3 is 5.69 Å². The first-order chi connectivity index (χ1) is 18.4. The predicted molar refractivity (Wildman–Crippen MR) is 143 cm³/mol. The Bertz CT molecular complexity index is 1420. The minimum Gasteiger partial charge on any atom is -0.383 e. The second-order valence-electron chi connectivity index (χ2n) is 10.2. The first-order valence-electron chi connectivity index (χ1n) is 12.4. The Morgan fingerprint density at radius 1 is 1.28 bits per heavy atom. The number of nitrogens with two attached hydrogens (primary N) is 1. The fraction of sp³-hybridized carbons (Fsp3) is 0.500. The molecule has 4 heterocycles. The Morgan fingerprint density at radius 3 is 2.59 bits per heavy atom. The molecule has 1 amide bonds. The quantitative estimate of drug-likeness (QED) is 0.283. The minimum atomic E-state index is -2.51. The van der Waals surface area contributed by atoms with Crippen LogP contribution in [-0.4, -0.2) is 62.3 Å². The normalized spacial score (nSPS) is 27.5. The molecule has 1 saturated carbocycles. The van der Waals surface area contributed by atoms with Gasteiger partial charge in [-0.25, -0.2) is 13.6 Å². The Labute approximate surface area is 226 Å². The number of nitrogens with zero attached hydrogens (tertiary/aromatic N) is 3. The minimum absolute atomic E-state index is 0.132. The average molecular weight is 565 g/mol. The highest BCUT2D eigenvalue weighted by atomic mass is 32.2. The highest BCUT2D eigenvalue weighted by molar-refractivity contribution is 8.03. The van der Waals surface area contributed by atoms with Gasteiger partial charge in [-0.3, -0.25) is 28.4 Å². The number of carbonyl (C=O) groups excluding carboxylic acids is 2. The van der Waals surface area contributed by atoms with Gasteiger partial charge in [0.1, 0.15) is 34.5 Å². The van der Waals surface area contributed by atoms with Gasteiger partial charge in [0, 0.05) is 49.2 Å². The van der Waals surface area contributed by atoms with Crippen molar-refractivity contribution < 1.29 is 18.4 Å². The van der Waals surface area contributed by atoms with Crippen LogP contribution in [0.15, 0.2) is 44.7 Å². The third-order valence-electron chi connectivity index (χ3n) is 7.41. The Hall–Kier alpha value is -3.59. The molecule has 5 atom stereocenters. The van der Waals surface area contributed by atoms with E-state index in [2.05, 4.69) is 21.3 Å². The topological polar surface area (TPSA) is 156 Å². The number of Topliss-reactive ketones (excluding diaryl/α,β-unsaturated/α-hetero) is 1. The molecule has 4 unspecified atom stereocenters. The standard InChI is InChI=1S/C24H30F2N8O4S/c1-11(35)7-34-22(37)18(19(27)32(3)23(34)38)29-12(2)20(36)30-16-10-39-21(31-16)13-4-5-17(28-6-13)33-8-14-15(9-33)24(14,25)26/h4-6,10,12,14-15,17,21,28-29,31H,7-9,27H2,1-3H3,(H,30,36)/t12-,14?,15?,17?,21?/m0/s1. The van der Waals surface area contributed by atoms with Crippen molar-refractivity contribution in [1.82, 2.24) is 30.0 Å². The smallest absolute Gasteiger partial charge is 0.332 e. The lowest BCUT2D eigenvalue weighted by atomic mass is 10.2. The number of hydrogen-bond donors (Lipinski definition) is 5. The zero-order chi connectivity index (χ0) is 28.2. The number of dihydropyridines is 1. The fourth-order valence-electron chi connectivity index (χ4n) is 5.02. The molecule has 3 aliphatic heterocycles.